The molecule has 7 heteroatoms. The van der Waals surface area contributed by atoms with Gasteiger partial charge in [-0.15, -0.1) is 0 Å². The number of amides is 1. The van der Waals surface area contributed by atoms with Crippen molar-refractivity contribution >= 4 is 51.7 Å². The number of carbonyl (C=O) groups is 1. The van der Waals surface area contributed by atoms with E-state index in [9.17, 15) is 14.9 Å². The highest BCUT2D eigenvalue weighted by molar-refractivity contribution is 8.27. The minimum absolute atomic E-state index is 0.0200. The van der Waals surface area contributed by atoms with Gasteiger partial charge in [-0.2, -0.15) is 0 Å². The molecule has 0 atom stereocenters. The number of nitro benzene ring substituents is 1. The molecule has 0 N–H and O–H groups in total. The molecule has 0 bridgehead atoms. The number of allylic oxidation sites excluding steroid dienone is 2. The highest BCUT2D eigenvalue weighted by Crippen LogP contribution is 2.36. The second kappa shape index (κ2) is 8.28. The normalized spacial score (nSPS) is 15.9. The number of aryl methyl sites for hydroxylation is 1. The van der Waals surface area contributed by atoms with E-state index in [2.05, 4.69) is 0 Å². The molecule has 1 aliphatic heterocycles. The van der Waals surface area contributed by atoms with Crippen molar-refractivity contribution in [1.82, 2.24) is 0 Å². The zero-order valence-electron chi connectivity index (χ0n) is 14.5. The summed E-state index contributed by atoms with van der Waals surface area (Å²) in [5, 5.41) is 11.1. The van der Waals surface area contributed by atoms with Gasteiger partial charge in [0.25, 0.3) is 11.6 Å². The SMILES string of the molecule is CCc1ccccc1N1C(=O)/C(=C/C=C/c2ccccc2[N+](=O)[O-])SC1=S. The average Bonchev–Trinajstić information content (AvgIpc) is 2.95. The third-order valence-electron chi connectivity index (χ3n) is 4.06. The van der Waals surface area contributed by atoms with E-state index in [4.69, 9.17) is 12.2 Å². The lowest BCUT2D eigenvalue weighted by Crippen LogP contribution is -2.28. The number of benzene rings is 2. The van der Waals surface area contributed by atoms with Crippen LogP contribution in [0.4, 0.5) is 11.4 Å². The summed E-state index contributed by atoms with van der Waals surface area (Å²) in [6, 6.07) is 14.1. The Hall–Kier alpha value is -2.77. The van der Waals surface area contributed by atoms with Crippen LogP contribution >= 0.6 is 24.0 Å². The van der Waals surface area contributed by atoms with E-state index in [0.29, 0.717) is 14.8 Å². The molecule has 136 valence electrons. The van der Waals surface area contributed by atoms with Crippen LogP contribution in [0.2, 0.25) is 0 Å². The molecule has 1 saturated heterocycles. The van der Waals surface area contributed by atoms with Gasteiger partial charge in [-0.1, -0.05) is 67.3 Å². The van der Waals surface area contributed by atoms with E-state index in [-0.39, 0.29) is 11.6 Å². The first-order valence-electron chi connectivity index (χ1n) is 8.29. The lowest BCUT2D eigenvalue weighted by molar-refractivity contribution is -0.385. The van der Waals surface area contributed by atoms with E-state index in [0.717, 1.165) is 17.7 Å². The van der Waals surface area contributed by atoms with Gasteiger partial charge >= 0.3 is 0 Å². The highest BCUT2D eigenvalue weighted by Gasteiger charge is 2.33. The summed E-state index contributed by atoms with van der Waals surface area (Å²) < 4.78 is 0.478. The molecular weight excluding hydrogens is 380 g/mol. The Morgan fingerprint density at radius 1 is 1.19 bits per heavy atom. The molecule has 1 fully saturated rings. The van der Waals surface area contributed by atoms with Gasteiger partial charge in [0.05, 0.1) is 21.1 Å². The monoisotopic (exact) mass is 396 g/mol. The van der Waals surface area contributed by atoms with Gasteiger partial charge in [-0.05, 0) is 36.3 Å². The Balaban J connectivity index is 1.86. The van der Waals surface area contributed by atoms with Gasteiger partial charge in [0.2, 0.25) is 0 Å². The van der Waals surface area contributed by atoms with Gasteiger partial charge < -0.3 is 0 Å². The molecule has 1 amide bonds. The van der Waals surface area contributed by atoms with Gasteiger partial charge in [-0.3, -0.25) is 19.8 Å². The number of para-hydroxylation sites is 2. The van der Waals surface area contributed by atoms with Crippen LogP contribution in [0.3, 0.4) is 0 Å². The second-order valence-electron chi connectivity index (χ2n) is 5.70. The number of hydrogen-bond acceptors (Lipinski definition) is 5. The maximum absolute atomic E-state index is 12.8. The molecule has 0 spiro atoms. The summed E-state index contributed by atoms with van der Waals surface area (Å²) >= 11 is 6.62. The van der Waals surface area contributed by atoms with Crippen molar-refractivity contribution < 1.29 is 9.72 Å². The second-order valence-corrected chi connectivity index (χ2v) is 7.37. The standard InChI is InChI=1S/C20H16N2O3S2/c1-2-14-8-3-5-11-16(14)21-19(23)18(27-20(21)26)13-7-10-15-9-4-6-12-17(15)22(24)25/h3-13H,2H2,1H3/b10-7+,18-13-. The van der Waals surface area contributed by atoms with Gasteiger partial charge in [0.15, 0.2) is 4.32 Å². The summed E-state index contributed by atoms with van der Waals surface area (Å²) in [6.07, 6.45) is 5.69. The molecule has 1 aliphatic rings. The molecule has 0 radical (unpaired) electrons. The van der Waals surface area contributed by atoms with Crippen molar-refractivity contribution in [3.63, 3.8) is 0 Å². The minimum Gasteiger partial charge on any atom is -0.268 e. The van der Waals surface area contributed by atoms with Gasteiger partial charge in [-0.25, -0.2) is 0 Å². The zero-order chi connectivity index (χ0) is 19.4. The summed E-state index contributed by atoms with van der Waals surface area (Å²) in [7, 11) is 0. The van der Waals surface area contributed by atoms with Crippen LogP contribution in [0, 0.1) is 10.1 Å². The maximum Gasteiger partial charge on any atom is 0.276 e. The van der Waals surface area contributed by atoms with Crippen molar-refractivity contribution in [2.24, 2.45) is 0 Å². The predicted octanol–water partition coefficient (Wildman–Crippen LogP) is 5.12. The van der Waals surface area contributed by atoms with E-state index in [1.807, 2.05) is 31.2 Å². The first kappa shape index (κ1) is 19.0. The van der Waals surface area contributed by atoms with Crippen molar-refractivity contribution in [1.29, 1.82) is 0 Å². The van der Waals surface area contributed by atoms with Crippen LogP contribution < -0.4 is 4.90 Å². The van der Waals surface area contributed by atoms with E-state index < -0.39 is 4.92 Å². The van der Waals surface area contributed by atoms with Crippen LogP contribution in [-0.2, 0) is 11.2 Å². The smallest absolute Gasteiger partial charge is 0.268 e. The van der Waals surface area contributed by atoms with Crippen molar-refractivity contribution in [2.45, 2.75) is 13.3 Å². The Morgan fingerprint density at radius 3 is 2.63 bits per heavy atom. The van der Waals surface area contributed by atoms with E-state index in [1.165, 1.54) is 17.8 Å². The van der Waals surface area contributed by atoms with Crippen LogP contribution in [-0.4, -0.2) is 15.2 Å². The Morgan fingerprint density at radius 2 is 1.89 bits per heavy atom. The number of rotatable bonds is 5. The number of thiocarbonyl (C=S) groups is 1. The molecule has 3 rings (SSSR count). The molecule has 5 nitrogen and oxygen atoms in total. The fourth-order valence-electron chi connectivity index (χ4n) is 2.75. The Bertz CT molecular complexity index is 983. The highest BCUT2D eigenvalue weighted by atomic mass is 32.2. The molecule has 0 aromatic heterocycles. The Labute approximate surface area is 166 Å². The number of nitro groups is 1. The zero-order valence-corrected chi connectivity index (χ0v) is 16.1. The molecule has 0 aliphatic carbocycles. The molecule has 2 aromatic carbocycles. The molecule has 27 heavy (non-hydrogen) atoms. The van der Waals surface area contributed by atoms with Crippen molar-refractivity contribution in [3.05, 3.63) is 86.8 Å². The van der Waals surface area contributed by atoms with Crippen LogP contribution in [0.1, 0.15) is 18.1 Å². The third-order valence-corrected chi connectivity index (χ3v) is 5.38. The molecule has 2 aromatic rings. The lowest BCUT2D eigenvalue weighted by atomic mass is 10.1. The fourth-order valence-corrected chi connectivity index (χ4v) is 3.99. The molecular formula is C20H16N2O3S2. The number of thioether (sulfide) groups is 1. The van der Waals surface area contributed by atoms with E-state index in [1.54, 1.807) is 41.3 Å². The van der Waals surface area contributed by atoms with Crippen LogP contribution in [0.15, 0.2) is 65.6 Å². The van der Waals surface area contributed by atoms with Crippen molar-refractivity contribution in [3.8, 4) is 0 Å². The van der Waals surface area contributed by atoms with Gasteiger partial charge in [0.1, 0.15) is 0 Å². The summed E-state index contributed by atoms with van der Waals surface area (Å²) in [6.45, 7) is 2.03. The predicted molar refractivity (Wildman–Crippen MR) is 114 cm³/mol. The summed E-state index contributed by atoms with van der Waals surface area (Å²) in [5.74, 6) is -0.182. The van der Waals surface area contributed by atoms with Crippen LogP contribution in [0.5, 0.6) is 0 Å². The number of anilines is 1. The maximum atomic E-state index is 12.8. The fraction of sp³-hybridized carbons (Fsp3) is 0.100. The average molecular weight is 396 g/mol. The van der Waals surface area contributed by atoms with Gasteiger partial charge in [0, 0.05) is 6.07 Å². The molecule has 0 saturated carbocycles. The largest absolute Gasteiger partial charge is 0.276 e. The van der Waals surface area contributed by atoms with Crippen LogP contribution in [0.25, 0.3) is 6.08 Å². The first-order valence-corrected chi connectivity index (χ1v) is 9.51. The number of nitrogens with zero attached hydrogens (tertiary/aromatic N) is 2. The first-order chi connectivity index (χ1) is 13.0. The lowest BCUT2D eigenvalue weighted by Gasteiger charge is -2.17. The number of hydrogen-bond donors (Lipinski definition) is 0. The van der Waals surface area contributed by atoms with Crippen molar-refractivity contribution in [2.75, 3.05) is 4.90 Å². The van der Waals surface area contributed by atoms with E-state index >= 15 is 0 Å². The Kier molecular flexibility index (Phi) is 5.83. The minimum atomic E-state index is -0.430. The third kappa shape index (κ3) is 3.99. The summed E-state index contributed by atoms with van der Waals surface area (Å²) in [5.41, 5.74) is 2.34. The number of carbonyl (C=O) groups excluding carboxylic acids is 1. The quantitative estimate of drug-likeness (QED) is 0.304. The molecule has 1 heterocycles. The molecule has 0 unspecified atom stereocenters. The topological polar surface area (TPSA) is 63.5 Å². The summed E-state index contributed by atoms with van der Waals surface area (Å²) in [4.78, 5) is 25.5.